The van der Waals surface area contributed by atoms with Crippen LogP contribution in [-0.2, 0) is 0 Å². The molecule has 0 aliphatic rings. The van der Waals surface area contributed by atoms with E-state index in [0.29, 0.717) is 6.54 Å². The lowest BCUT2D eigenvalue weighted by Gasteiger charge is -2.27. The molecule has 0 saturated heterocycles. The topological polar surface area (TPSA) is 48.8 Å². The molecular formula is C22H23IN3P. The van der Waals surface area contributed by atoms with Crippen molar-refractivity contribution in [3.05, 3.63) is 101 Å². The van der Waals surface area contributed by atoms with Gasteiger partial charge >= 0.3 is 0 Å². The highest BCUT2D eigenvalue weighted by atomic mass is 127. The van der Waals surface area contributed by atoms with Crippen LogP contribution in [0.4, 0.5) is 0 Å². The van der Waals surface area contributed by atoms with Gasteiger partial charge in [0, 0.05) is 11.5 Å². The van der Waals surface area contributed by atoms with Crippen LogP contribution in [0.2, 0.25) is 0 Å². The Morgan fingerprint density at radius 1 is 0.667 bits per heavy atom. The Hall–Kier alpha value is -1.87. The smallest absolute Gasteiger partial charge is 0.112 e. The molecule has 0 atom stereocenters. The zero-order valence-electron chi connectivity index (χ0n) is 15.2. The molecule has 0 aliphatic carbocycles. The van der Waals surface area contributed by atoms with E-state index in [9.17, 15) is 0 Å². The quantitative estimate of drug-likeness (QED) is 0.117. The third kappa shape index (κ3) is 5.10. The van der Waals surface area contributed by atoms with E-state index in [1.165, 1.54) is 15.9 Å². The van der Waals surface area contributed by atoms with Gasteiger partial charge < -0.3 is 24.0 Å². The van der Waals surface area contributed by atoms with Crippen LogP contribution in [0.15, 0.2) is 96.1 Å². The first-order valence-corrected chi connectivity index (χ1v) is 10.9. The van der Waals surface area contributed by atoms with Crippen molar-refractivity contribution in [2.75, 3.05) is 12.7 Å². The first kappa shape index (κ1) is 21.4. The van der Waals surface area contributed by atoms with Gasteiger partial charge in [0.15, 0.2) is 0 Å². The second kappa shape index (κ2) is 11.1. The van der Waals surface area contributed by atoms with Crippen molar-refractivity contribution in [1.82, 2.24) is 0 Å². The number of unbranched alkanes of at least 4 members (excludes halogenated alkanes) is 1. The molecule has 27 heavy (non-hydrogen) atoms. The minimum atomic E-state index is -1.74. The third-order valence-electron chi connectivity index (χ3n) is 4.66. The minimum Gasteiger partial charge on any atom is -1.00 e. The van der Waals surface area contributed by atoms with Crippen LogP contribution in [0.5, 0.6) is 0 Å². The van der Waals surface area contributed by atoms with Gasteiger partial charge in [0.1, 0.15) is 23.2 Å². The monoisotopic (exact) mass is 487 g/mol. The van der Waals surface area contributed by atoms with Crippen molar-refractivity contribution in [3.8, 4) is 0 Å². The van der Waals surface area contributed by atoms with E-state index in [-0.39, 0.29) is 24.0 Å². The molecule has 138 valence electrons. The Kier molecular flexibility index (Phi) is 8.80. The molecule has 3 aromatic carbocycles. The molecule has 0 saturated carbocycles. The van der Waals surface area contributed by atoms with Crippen molar-refractivity contribution < 1.29 is 24.0 Å². The molecule has 0 heterocycles. The standard InChI is InChI=1S/C22H23N3P.HI/c23-25-24-18-10-11-19-26(20-12-4-1-5-13-20,21-14-6-2-7-15-21)22-16-8-3-9-17-22;/h1-9,12-17H,10-11,18-19H2;1H/q+1;/p-1. The maximum Gasteiger partial charge on any atom is 0.112 e. The van der Waals surface area contributed by atoms with E-state index in [1.807, 2.05) is 0 Å². The number of azide groups is 1. The van der Waals surface area contributed by atoms with Crippen LogP contribution in [-0.4, -0.2) is 12.7 Å². The largest absolute Gasteiger partial charge is 1.00 e. The van der Waals surface area contributed by atoms with Gasteiger partial charge in [-0.3, -0.25) is 0 Å². The van der Waals surface area contributed by atoms with Gasteiger partial charge in [0.2, 0.25) is 0 Å². The second-order valence-electron chi connectivity index (χ2n) is 6.20. The average Bonchev–Trinajstić information content (AvgIpc) is 2.73. The molecule has 0 aliphatic heterocycles. The number of hydrogen-bond donors (Lipinski definition) is 0. The zero-order valence-corrected chi connectivity index (χ0v) is 18.2. The highest BCUT2D eigenvalue weighted by molar-refractivity contribution is 7.95. The van der Waals surface area contributed by atoms with Gasteiger partial charge in [-0.05, 0) is 54.8 Å². The maximum absolute atomic E-state index is 8.52. The summed E-state index contributed by atoms with van der Waals surface area (Å²) in [6, 6.07) is 32.6. The van der Waals surface area contributed by atoms with Crippen molar-refractivity contribution in [2.45, 2.75) is 12.8 Å². The Labute approximate surface area is 178 Å². The molecule has 0 spiro atoms. The molecular weight excluding hydrogens is 464 g/mol. The lowest BCUT2D eigenvalue weighted by atomic mass is 10.3. The zero-order chi connectivity index (χ0) is 18.1. The van der Waals surface area contributed by atoms with E-state index in [0.717, 1.165) is 19.0 Å². The highest BCUT2D eigenvalue weighted by Crippen LogP contribution is 2.55. The van der Waals surface area contributed by atoms with Crippen LogP contribution < -0.4 is 39.9 Å². The van der Waals surface area contributed by atoms with Crippen LogP contribution >= 0.6 is 7.26 Å². The Morgan fingerprint density at radius 2 is 1.07 bits per heavy atom. The predicted octanol–water partition coefficient (Wildman–Crippen LogP) is 2.07. The fraction of sp³-hybridized carbons (Fsp3) is 0.182. The summed E-state index contributed by atoms with van der Waals surface area (Å²) in [6.07, 6.45) is 3.02. The van der Waals surface area contributed by atoms with Gasteiger partial charge in [0.05, 0.1) is 6.16 Å². The molecule has 0 radical (unpaired) electrons. The number of nitrogens with zero attached hydrogens (tertiary/aromatic N) is 3. The Balaban J connectivity index is 0.00000261. The van der Waals surface area contributed by atoms with Crippen LogP contribution in [0, 0.1) is 0 Å². The van der Waals surface area contributed by atoms with Gasteiger partial charge in [-0.1, -0.05) is 59.7 Å². The van der Waals surface area contributed by atoms with Crippen LogP contribution in [0.25, 0.3) is 10.4 Å². The average molecular weight is 487 g/mol. The Bertz CT molecular complexity index is 754. The molecule has 0 aromatic heterocycles. The highest BCUT2D eigenvalue weighted by Gasteiger charge is 2.44. The fourth-order valence-corrected chi connectivity index (χ4v) is 7.87. The summed E-state index contributed by atoms with van der Waals surface area (Å²) in [4.78, 5) is 2.88. The number of rotatable bonds is 8. The van der Waals surface area contributed by atoms with Crippen molar-refractivity contribution in [3.63, 3.8) is 0 Å². The molecule has 0 amide bonds. The lowest BCUT2D eigenvalue weighted by Crippen LogP contribution is -3.00. The van der Waals surface area contributed by atoms with Crippen molar-refractivity contribution in [1.29, 1.82) is 0 Å². The normalized spacial score (nSPS) is 10.5. The van der Waals surface area contributed by atoms with E-state index >= 15 is 0 Å². The van der Waals surface area contributed by atoms with E-state index in [4.69, 9.17) is 5.53 Å². The first-order chi connectivity index (χ1) is 12.9. The second-order valence-corrected chi connectivity index (χ2v) is 9.82. The molecule has 0 unspecified atom stereocenters. The van der Waals surface area contributed by atoms with Gasteiger partial charge in [-0.15, -0.1) is 0 Å². The van der Waals surface area contributed by atoms with Crippen molar-refractivity contribution in [2.24, 2.45) is 5.11 Å². The number of hydrogen-bond acceptors (Lipinski definition) is 1. The van der Waals surface area contributed by atoms with Gasteiger partial charge in [0.25, 0.3) is 0 Å². The molecule has 5 heteroatoms. The molecule has 3 aromatic rings. The number of benzene rings is 3. The van der Waals surface area contributed by atoms with Crippen molar-refractivity contribution >= 4 is 23.2 Å². The Morgan fingerprint density at radius 3 is 1.44 bits per heavy atom. The van der Waals surface area contributed by atoms with Crippen LogP contribution in [0.3, 0.4) is 0 Å². The first-order valence-electron chi connectivity index (χ1n) is 8.94. The minimum absolute atomic E-state index is 0. The van der Waals surface area contributed by atoms with E-state index < -0.39 is 7.26 Å². The summed E-state index contributed by atoms with van der Waals surface area (Å²) in [5.41, 5.74) is 8.52. The predicted molar refractivity (Wildman–Crippen MR) is 113 cm³/mol. The molecule has 3 nitrogen and oxygen atoms in total. The van der Waals surface area contributed by atoms with E-state index in [2.05, 4.69) is 101 Å². The SMILES string of the molecule is [I-].[N-]=[N+]=NCCCC[P+](c1ccccc1)(c1ccccc1)c1ccccc1. The molecule has 0 fully saturated rings. The molecule has 0 N–H and O–H groups in total. The summed E-state index contributed by atoms with van der Waals surface area (Å²) in [5, 5.41) is 7.91. The van der Waals surface area contributed by atoms with Gasteiger partial charge in [-0.2, -0.15) is 0 Å². The molecule has 0 bridgehead atoms. The summed E-state index contributed by atoms with van der Waals surface area (Å²) < 4.78 is 0. The summed E-state index contributed by atoms with van der Waals surface area (Å²) in [7, 11) is -1.74. The molecule has 3 rings (SSSR count). The maximum atomic E-state index is 8.52. The summed E-state index contributed by atoms with van der Waals surface area (Å²) >= 11 is 0. The third-order valence-corrected chi connectivity index (χ3v) is 9.18. The number of halogens is 1. The fourth-order valence-electron chi connectivity index (χ4n) is 3.46. The lowest BCUT2D eigenvalue weighted by molar-refractivity contribution is -0.00000516. The van der Waals surface area contributed by atoms with E-state index in [1.54, 1.807) is 0 Å². The summed E-state index contributed by atoms with van der Waals surface area (Å²) in [5.74, 6) is 0. The summed E-state index contributed by atoms with van der Waals surface area (Å²) in [6.45, 7) is 0.564. The van der Waals surface area contributed by atoms with Gasteiger partial charge in [-0.25, -0.2) is 0 Å². The van der Waals surface area contributed by atoms with Crippen LogP contribution in [0.1, 0.15) is 12.8 Å².